The highest BCUT2D eigenvalue weighted by molar-refractivity contribution is 7.10. The third-order valence-electron chi connectivity index (χ3n) is 3.78. The van der Waals surface area contributed by atoms with Crippen molar-refractivity contribution in [2.24, 2.45) is 0 Å². The van der Waals surface area contributed by atoms with Crippen LogP contribution in [0.15, 0.2) is 23.6 Å². The van der Waals surface area contributed by atoms with E-state index in [0.717, 1.165) is 24.3 Å². The van der Waals surface area contributed by atoms with E-state index in [1.807, 2.05) is 28.5 Å². The normalized spacial score (nSPS) is 26.5. The number of nitrogens with zero attached hydrogens (tertiary/aromatic N) is 1. The molecular weight excluding hydrogens is 260 g/mol. The maximum Gasteiger partial charge on any atom is 0.246 e. The van der Waals surface area contributed by atoms with Gasteiger partial charge < -0.3 is 10.2 Å². The quantitative estimate of drug-likeness (QED) is 0.835. The summed E-state index contributed by atoms with van der Waals surface area (Å²) in [7, 11) is 0. The van der Waals surface area contributed by atoms with Crippen molar-refractivity contribution in [2.75, 3.05) is 6.54 Å². The number of fused-ring (bicyclic) bond motifs is 1. The monoisotopic (exact) mass is 276 g/mol. The summed E-state index contributed by atoms with van der Waals surface area (Å²) >= 11 is 1.62. The summed E-state index contributed by atoms with van der Waals surface area (Å²) in [6.45, 7) is 0.739. The predicted octanol–water partition coefficient (Wildman–Crippen LogP) is 1.64. The van der Waals surface area contributed by atoms with Gasteiger partial charge in [-0.25, -0.2) is 0 Å². The maximum absolute atomic E-state index is 12.2. The third kappa shape index (κ3) is 2.56. The van der Waals surface area contributed by atoms with E-state index in [1.165, 1.54) is 0 Å². The van der Waals surface area contributed by atoms with Crippen molar-refractivity contribution in [3.63, 3.8) is 0 Å². The second-order valence-electron chi connectivity index (χ2n) is 4.95. The van der Waals surface area contributed by atoms with Crippen LogP contribution in [0, 0.1) is 0 Å². The van der Waals surface area contributed by atoms with Crippen LogP contribution in [0.3, 0.4) is 0 Å². The minimum atomic E-state index is 0.0528. The summed E-state index contributed by atoms with van der Waals surface area (Å²) in [6, 6.07) is 4.29. The van der Waals surface area contributed by atoms with Gasteiger partial charge in [0, 0.05) is 23.9 Å². The number of thiophene rings is 1. The zero-order valence-corrected chi connectivity index (χ0v) is 11.4. The van der Waals surface area contributed by atoms with Gasteiger partial charge in [-0.05, 0) is 30.4 Å². The van der Waals surface area contributed by atoms with Crippen molar-refractivity contribution in [1.82, 2.24) is 10.2 Å². The molecule has 2 atom stereocenters. The first-order valence-electron chi connectivity index (χ1n) is 6.55. The first kappa shape index (κ1) is 12.4. The van der Waals surface area contributed by atoms with Crippen LogP contribution < -0.4 is 5.32 Å². The van der Waals surface area contributed by atoms with Crippen LogP contribution in [0.25, 0.3) is 6.08 Å². The molecule has 19 heavy (non-hydrogen) atoms. The Labute approximate surface area is 116 Å². The second-order valence-corrected chi connectivity index (χ2v) is 5.93. The topological polar surface area (TPSA) is 49.4 Å². The summed E-state index contributed by atoms with van der Waals surface area (Å²) in [5.74, 6) is 0.168. The van der Waals surface area contributed by atoms with Gasteiger partial charge in [0.25, 0.3) is 0 Å². The van der Waals surface area contributed by atoms with E-state index in [1.54, 1.807) is 17.4 Å². The molecule has 2 fully saturated rings. The van der Waals surface area contributed by atoms with Gasteiger partial charge in [0.05, 0.1) is 12.1 Å². The lowest BCUT2D eigenvalue weighted by atomic mass is 9.99. The Kier molecular flexibility index (Phi) is 3.38. The number of rotatable bonds is 2. The summed E-state index contributed by atoms with van der Waals surface area (Å²) in [5, 5.41) is 4.97. The fourth-order valence-corrected chi connectivity index (χ4v) is 3.46. The Morgan fingerprint density at radius 1 is 1.47 bits per heavy atom. The maximum atomic E-state index is 12.2. The van der Waals surface area contributed by atoms with E-state index in [4.69, 9.17) is 0 Å². The van der Waals surface area contributed by atoms with Gasteiger partial charge in [-0.1, -0.05) is 6.07 Å². The van der Waals surface area contributed by atoms with Crippen LogP contribution in [0.5, 0.6) is 0 Å². The number of carbonyl (C=O) groups is 2. The smallest absolute Gasteiger partial charge is 0.246 e. The largest absolute Gasteiger partial charge is 0.351 e. The van der Waals surface area contributed by atoms with Crippen LogP contribution in [-0.4, -0.2) is 35.3 Å². The molecule has 1 aromatic rings. The highest BCUT2D eigenvalue weighted by atomic mass is 32.1. The lowest BCUT2D eigenvalue weighted by Gasteiger charge is -2.31. The molecular formula is C14H16N2O2S. The zero-order chi connectivity index (χ0) is 13.2. The molecule has 0 aliphatic carbocycles. The average Bonchev–Trinajstić information content (AvgIpc) is 3.04. The SMILES string of the molecule is O=C1CC[C@H]2[C@H](CCN2C(=O)/C=C/c2cccs2)N1. The van der Waals surface area contributed by atoms with Gasteiger partial charge in [0.2, 0.25) is 11.8 Å². The Balaban J connectivity index is 1.66. The van der Waals surface area contributed by atoms with E-state index in [9.17, 15) is 9.59 Å². The molecule has 2 amide bonds. The standard InChI is InChI=1S/C14H16N2O2S/c17-13-5-4-12-11(15-13)7-8-16(12)14(18)6-3-10-2-1-9-19-10/h1-3,6,9,11-12H,4-5,7-8H2,(H,15,17)/b6-3+/t11-,12-/m0/s1. The van der Waals surface area contributed by atoms with E-state index in [0.29, 0.717) is 6.42 Å². The van der Waals surface area contributed by atoms with Gasteiger partial charge in [0.15, 0.2) is 0 Å². The Hall–Kier alpha value is -1.62. The number of hydrogen-bond acceptors (Lipinski definition) is 3. The van der Waals surface area contributed by atoms with Crippen molar-refractivity contribution < 1.29 is 9.59 Å². The van der Waals surface area contributed by atoms with E-state index >= 15 is 0 Å². The van der Waals surface area contributed by atoms with Gasteiger partial charge >= 0.3 is 0 Å². The summed E-state index contributed by atoms with van der Waals surface area (Å²) in [4.78, 5) is 26.5. The predicted molar refractivity (Wildman–Crippen MR) is 74.6 cm³/mol. The number of piperidine rings is 1. The Morgan fingerprint density at radius 3 is 3.16 bits per heavy atom. The summed E-state index contributed by atoms with van der Waals surface area (Å²) in [5.41, 5.74) is 0. The average molecular weight is 276 g/mol. The number of hydrogen-bond donors (Lipinski definition) is 1. The fourth-order valence-electron chi connectivity index (χ4n) is 2.85. The summed E-state index contributed by atoms with van der Waals surface area (Å²) in [6.07, 6.45) is 5.69. The molecule has 3 heterocycles. The van der Waals surface area contributed by atoms with Crippen LogP contribution in [-0.2, 0) is 9.59 Å². The molecule has 3 rings (SSSR count). The van der Waals surface area contributed by atoms with Crippen molar-refractivity contribution in [3.8, 4) is 0 Å². The molecule has 0 unspecified atom stereocenters. The number of amides is 2. The lowest BCUT2D eigenvalue weighted by Crippen LogP contribution is -2.50. The van der Waals surface area contributed by atoms with Crippen LogP contribution >= 0.6 is 11.3 Å². The summed E-state index contributed by atoms with van der Waals surface area (Å²) < 4.78 is 0. The molecule has 5 heteroatoms. The Bertz CT molecular complexity index is 510. The Morgan fingerprint density at radius 2 is 2.37 bits per heavy atom. The van der Waals surface area contributed by atoms with Crippen molar-refractivity contribution in [3.05, 3.63) is 28.5 Å². The van der Waals surface area contributed by atoms with E-state index in [-0.39, 0.29) is 23.9 Å². The van der Waals surface area contributed by atoms with Crippen LogP contribution in [0.4, 0.5) is 0 Å². The van der Waals surface area contributed by atoms with E-state index < -0.39 is 0 Å². The molecule has 100 valence electrons. The molecule has 2 aliphatic heterocycles. The van der Waals surface area contributed by atoms with Crippen molar-refractivity contribution in [1.29, 1.82) is 0 Å². The van der Waals surface area contributed by atoms with Gasteiger partial charge in [-0.3, -0.25) is 9.59 Å². The van der Waals surface area contributed by atoms with Crippen LogP contribution in [0.2, 0.25) is 0 Å². The molecule has 0 saturated carbocycles. The minimum absolute atomic E-state index is 0.0528. The molecule has 4 nitrogen and oxygen atoms in total. The zero-order valence-electron chi connectivity index (χ0n) is 10.5. The minimum Gasteiger partial charge on any atom is -0.351 e. The number of nitrogens with one attached hydrogen (secondary N) is 1. The highest BCUT2D eigenvalue weighted by Crippen LogP contribution is 2.26. The van der Waals surface area contributed by atoms with E-state index in [2.05, 4.69) is 5.32 Å². The molecule has 2 aliphatic rings. The third-order valence-corrected chi connectivity index (χ3v) is 4.61. The van der Waals surface area contributed by atoms with Gasteiger partial charge in [0.1, 0.15) is 0 Å². The van der Waals surface area contributed by atoms with Crippen molar-refractivity contribution >= 4 is 29.2 Å². The highest BCUT2D eigenvalue weighted by Gasteiger charge is 2.39. The van der Waals surface area contributed by atoms with Crippen LogP contribution in [0.1, 0.15) is 24.1 Å². The first-order chi connectivity index (χ1) is 9.24. The molecule has 1 aromatic heterocycles. The molecule has 2 saturated heterocycles. The second kappa shape index (κ2) is 5.17. The van der Waals surface area contributed by atoms with Crippen molar-refractivity contribution in [2.45, 2.75) is 31.3 Å². The molecule has 0 radical (unpaired) electrons. The first-order valence-corrected chi connectivity index (χ1v) is 7.43. The van der Waals surface area contributed by atoms with Gasteiger partial charge in [-0.15, -0.1) is 11.3 Å². The molecule has 1 N–H and O–H groups in total. The molecule has 0 aromatic carbocycles. The number of carbonyl (C=O) groups excluding carboxylic acids is 2. The lowest BCUT2D eigenvalue weighted by molar-refractivity contribution is -0.130. The molecule has 0 spiro atoms. The fraction of sp³-hybridized carbons (Fsp3) is 0.429. The molecule has 0 bridgehead atoms. The number of likely N-dealkylation sites (tertiary alicyclic amines) is 1. The van der Waals surface area contributed by atoms with Gasteiger partial charge in [-0.2, -0.15) is 0 Å².